The zero-order valence-corrected chi connectivity index (χ0v) is 13.1. The van der Waals surface area contributed by atoms with Crippen molar-refractivity contribution in [3.8, 4) is 0 Å². The number of amides is 1. The van der Waals surface area contributed by atoms with Gasteiger partial charge in [-0.25, -0.2) is 4.98 Å². The lowest BCUT2D eigenvalue weighted by Gasteiger charge is -2.08. The van der Waals surface area contributed by atoms with Crippen molar-refractivity contribution in [2.75, 3.05) is 5.32 Å². The van der Waals surface area contributed by atoms with Gasteiger partial charge < -0.3 is 9.73 Å². The fraction of sp³-hybridized carbons (Fsp3) is 0.118. The molecule has 0 radical (unpaired) electrons. The molecule has 0 unspecified atom stereocenters. The summed E-state index contributed by atoms with van der Waals surface area (Å²) >= 11 is 5.99. The molecule has 116 valence electrons. The minimum atomic E-state index is -0.724. The number of rotatable bonds is 4. The van der Waals surface area contributed by atoms with Gasteiger partial charge in [0, 0.05) is 10.7 Å². The lowest BCUT2D eigenvalue weighted by atomic mass is 10.2. The summed E-state index contributed by atoms with van der Waals surface area (Å²) in [7, 11) is 0. The molecule has 0 spiro atoms. The highest BCUT2D eigenvalue weighted by molar-refractivity contribution is 6.41. The number of carbonyl (C=O) groups excluding carboxylic acids is 2. The summed E-state index contributed by atoms with van der Waals surface area (Å²) in [6.07, 6.45) is -0.194. The monoisotopic (exact) mass is 328 g/mol. The van der Waals surface area contributed by atoms with Gasteiger partial charge in [-0.05, 0) is 36.8 Å². The van der Waals surface area contributed by atoms with Crippen molar-refractivity contribution >= 4 is 40.1 Å². The Hall–Kier alpha value is -2.66. The SMILES string of the molecule is Cc1c(Cl)cccc1NC(=O)C(=O)Cc1nc2ccccc2o1. The van der Waals surface area contributed by atoms with Gasteiger partial charge in [0.05, 0.1) is 6.42 Å². The van der Waals surface area contributed by atoms with Crippen LogP contribution in [0.3, 0.4) is 0 Å². The molecular formula is C17H13ClN2O3. The van der Waals surface area contributed by atoms with Crippen molar-refractivity contribution in [3.63, 3.8) is 0 Å². The maximum atomic E-state index is 12.0. The Labute approximate surface area is 137 Å². The third kappa shape index (κ3) is 3.24. The Morgan fingerprint density at radius 3 is 2.74 bits per heavy atom. The molecular weight excluding hydrogens is 316 g/mol. The van der Waals surface area contributed by atoms with E-state index in [1.807, 2.05) is 12.1 Å². The van der Waals surface area contributed by atoms with Gasteiger partial charge in [-0.2, -0.15) is 0 Å². The van der Waals surface area contributed by atoms with E-state index in [9.17, 15) is 9.59 Å². The molecule has 0 fully saturated rings. The number of ketones is 1. The van der Waals surface area contributed by atoms with Gasteiger partial charge in [0.1, 0.15) is 5.52 Å². The number of Topliss-reactive ketones (excluding diaryl/α,β-unsaturated/α-hetero) is 1. The minimum Gasteiger partial charge on any atom is -0.440 e. The van der Waals surface area contributed by atoms with Crippen molar-refractivity contribution in [1.82, 2.24) is 4.98 Å². The second-order valence-corrected chi connectivity index (χ2v) is 5.45. The van der Waals surface area contributed by atoms with Crippen LogP contribution < -0.4 is 5.32 Å². The molecule has 1 heterocycles. The standard InChI is InChI=1S/C17H13ClN2O3/c1-10-11(18)5-4-7-12(10)20-17(22)14(21)9-16-19-13-6-2-3-8-15(13)23-16/h2-8H,9H2,1H3,(H,20,22). The molecule has 3 rings (SSSR count). The van der Waals surface area contributed by atoms with E-state index in [1.165, 1.54) is 0 Å². The van der Waals surface area contributed by atoms with Crippen LogP contribution in [0.5, 0.6) is 0 Å². The van der Waals surface area contributed by atoms with Crippen LogP contribution in [0.1, 0.15) is 11.5 Å². The summed E-state index contributed by atoms with van der Waals surface area (Å²) < 4.78 is 5.45. The van der Waals surface area contributed by atoms with Gasteiger partial charge in [0.25, 0.3) is 5.91 Å². The molecule has 5 nitrogen and oxygen atoms in total. The van der Waals surface area contributed by atoms with Crippen LogP contribution in [0.15, 0.2) is 46.9 Å². The number of anilines is 1. The maximum absolute atomic E-state index is 12.0. The van der Waals surface area contributed by atoms with E-state index in [-0.39, 0.29) is 12.3 Å². The lowest BCUT2D eigenvalue weighted by molar-refractivity contribution is -0.134. The van der Waals surface area contributed by atoms with Crippen LogP contribution in [-0.2, 0) is 16.0 Å². The fourth-order valence-corrected chi connectivity index (χ4v) is 2.32. The van der Waals surface area contributed by atoms with Gasteiger partial charge in [-0.1, -0.05) is 29.8 Å². The van der Waals surface area contributed by atoms with Gasteiger partial charge in [0.15, 0.2) is 5.58 Å². The van der Waals surface area contributed by atoms with E-state index in [1.54, 1.807) is 37.3 Å². The molecule has 0 aliphatic heterocycles. The van der Waals surface area contributed by atoms with E-state index in [2.05, 4.69) is 10.3 Å². The van der Waals surface area contributed by atoms with Crippen molar-refractivity contribution in [2.45, 2.75) is 13.3 Å². The van der Waals surface area contributed by atoms with E-state index in [4.69, 9.17) is 16.0 Å². The van der Waals surface area contributed by atoms with Gasteiger partial charge in [-0.3, -0.25) is 9.59 Å². The molecule has 1 aromatic heterocycles. The summed E-state index contributed by atoms with van der Waals surface area (Å²) in [6.45, 7) is 1.77. The number of oxazole rings is 1. The molecule has 0 aliphatic rings. The molecule has 3 aromatic rings. The first kappa shape index (κ1) is 15.2. The molecule has 0 aliphatic carbocycles. The van der Waals surface area contributed by atoms with Gasteiger partial charge in [0.2, 0.25) is 11.7 Å². The third-order valence-electron chi connectivity index (χ3n) is 3.42. The predicted molar refractivity (Wildman–Crippen MR) is 87.5 cm³/mol. The van der Waals surface area contributed by atoms with Crippen LogP contribution in [0.25, 0.3) is 11.1 Å². The molecule has 0 bridgehead atoms. The first-order valence-electron chi connectivity index (χ1n) is 6.98. The van der Waals surface area contributed by atoms with Gasteiger partial charge in [-0.15, -0.1) is 0 Å². The quantitative estimate of drug-likeness (QED) is 0.743. The van der Waals surface area contributed by atoms with E-state index < -0.39 is 11.7 Å². The summed E-state index contributed by atoms with van der Waals surface area (Å²) in [5.74, 6) is -1.14. The van der Waals surface area contributed by atoms with Crippen molar-refractivity contribution in [1.29, 1.82) is 0 Å². The van der Waals surface area contributed by atoms with Crippen LogP contribution in [0.4, 0.5) is 5.69 Å². The molecule has 0 saturated carbocycles. The molecule has 2 aromatic carbocycles. The van der Waals surface area contributed by atoms with Gasteiger partial charge >= 0.3 is 0 Å². The zero-order chi connectivity index (χ0) is 16.4. The normalized spacial score (nSPS) is 10.7. The number of halogens is 1. The largest absolute Gasteiger partial charge is 0.440 e. The highest BCUT2D eigenvalue weighted by atomic mass is 35.5. The third-order valence-corrected chi connectivity index (χ3v) is 3.83. The molecule has 1 N–H and O–H groups in total. The minimum absolute atomic E-state index is 0.194. The number of nitrogens with zero attached hydrogens (tertiary/aromatic N) is 1. The number of carbonyl (C=O) groups is 2. The first-order valence-corrected chi connectivity index (χ1v) is 7.36. The molecule has 0 saturated heterocycles. The van der Waals surface area contributed by atoms with E-state index in [0.29, 0.717) is 27.4 Å². The number of hydrogen-bond donors (Lipinski definition) is 1. The van der Waals surface area contributed by atoms with Crippen LogP contribution in [-0.4, -0.2) is 16.7 Å². The van der Waals surface area contributed by atoms with Crippen LogP contribution in [0.2, 0.25) is 5.02 Å². The van der Waals surface area contributed by atoms with E-state index in [0.717, 1.165) is 0 Å². The Kier molecular flexibility index (Phi) is 4.12. The fourth-order valence-electron chi connectivity index (χ4n) is 2.15. The highest BCUT2D eigenvalue weighted by Crippen LogP contribution is 2.23. The first-order chi connectivity index (χ1) is 11.0. The molecule has 23 heavy (non-hydrogen) atoms. The maximum Gasteiger partial charge on any atom is 0.292 e. The topological polar surface area (TPSA) is 72.2 Å². The summed E-state index contributed by atoms with van der Waals surface area (Å²) in [6, 6.07) is 12.3. The molecule has 6 heteroatoms. The Bertz CT molecular complexity index is 869. The number of fused-ring (bicyclic) bond motifs is 1. The van der Waals surface area contributed by atoms with Crippen LogP contribution >= 0.6 is 11.6 Å². The average molecular weight is 329 g/mol. The summed E-state index contributed by atoms with van der Waals surface area (Å²) in [5, 5.41) is 3.08. The number of aromatic nitrogens is 1. The van der Waals surface area contributed by atoms with Crippen molar-refractivity contribution in [2.24, 2.45) is 0 Å². The average Bonchev–Trinajstić information content (AvgIpc) is 2.93. The second kappa shape index (κ2) is 6.22. The number of nitrogens with one attached hydrogen (secondary N) is 1. The zero-order valence-electron chi connectivity index (χ0n) is 12.3. The summed E-state index contributed by atoms with van der Waals surface area (Å²) in [5.41, 5.74) is 2.45. The van der Waals surface area contributed by atoms with Crippen molar-refractivity contribution < 1.29 is 14.0 Å². The Morgan fingerprint density at radius 1 is 1.17 bits per heavy atom. The predicted octanol–water partition coefficient (Wildman–Crippen LogP) is 3.54. The number of hydrogen-bond acceptors (Lipinski definition) is 4. The second-order valence-electron chi connectivity index (χ2n) is 5.04. The molecule has 0 atom stereocenters. The molecule has 1 amide bonds. The highest BCUT2D eigenvalue weighted by Gasteiger charge is 2.19. The number of benzene rings is 2. The summed E-state index contributed by atoms with van der Waals surface area (Å²) in [4.78, 5) is 28.3. The van der Waals surface area contributed by atoms with E-state index >= 15 is 0 Å². The Morgan fingerprint density at radius 2 is 1.96 bits per heavy atom. The van der Waals surface area contributed by atoms with Crippen molar-refractivity contribution in [3.05, 3.63) is 58.9 Å². The Balaban J connectivity index is 1.72. The van der Waals surface area contributed by atoms with Crippen LogP contribution in [0, 0.1) is 6.92 Å². The lowest BCUT2D eigenvalue weighted by Crippen LogP contribution is -2.24. The smallest absolute Gasteiger partial charge is 0.292 e. The number of para-hydroxylation sites is 2.